The monoisotopic (exact) mass is 508 g/mol. The molecule has 1 aromatic carbocycles. The highest BCUT2D eigenvalue weighted by molar-refractivity contribution is 5.85. The predicted octanol–water partition coefficient (Wildman–Crippen LogP) is 5.12. The van der Waals surface area contributed by atoms with Crippen molar-refractivity contribution in [3.05, 3.63) is 72.4 Å². The molecule has 5 rings (SSSR count). The lowest BCUT2D eigenvalue weighted by Gasteiger charge is -2.11. The number of anilines is 2. The van der Waals surface area contributed by atoms with E-state index < -0.39 is 17.6 Å². The molecule has 2 N–H and O–H groups in total. The van der Waals surface area contributed by atoms with Crippen LogP contribution >= 0.6 is 12.4 Å². The molecule has 1 saturated carbocycles. The van der Waals surface area contributed by atoms with E-state index in [4.69, 9.17) is 0 Å². The van der Waals surface area contributed by atoms with Crippen LogP contribution in [0.15, 0.2) is 61.2 Å². The molecule has 0 unspecified atom stereocenters. The largest absolute Gasteiger partial charge is 0.481 e. The van der Waals surface area contributed by atoms with E-state index in [-0.39, 0.29) is 18.8 Å². The number of aryl methyl sites for hydroxylation is 1. The van der Waals surface area contributed by atoms with Gasteiger partial charge in [0.2, 0.25) is 0 Å². The maximum Gasteiger partial charge on any atom is 0.314 e. The molecule has 0 saturated heterocycles. The molecule has 3 heterocycles. The summed E-state index contributed by atoms with van der Waals surface area (Å²) in [5, 5.41) is 17.1. The number of aliphatic carboxylic acids is 1. The van der Waals surface area contributed by atoms with Crippen molar-refractivity contribution in [3.8, 4) is 22.4 Å². The molecule has 1 fully saturated rings. The van der Waals surface area contributed by atoms with Gasteiger partial charge in [0.1, 0.15) is 17.8 Å². The molecule has 4 aromatic rings. The van der Waals surface area contributed by atoms with Crippen LogP contribution < -0.4 is 5.32 Å². The number of halogens is 2. The Hall–Kier alpha value is -3.85. The number of hydrogen-bond donors (Lipinski definition) is 2. The fourth-order valence-electron chi connectivity index (χ4n) is 4.20. The van der Waals surface area contributed by atoms with Gasteiger partial charge in [-0.05, 0) is 37.0 Å². The van der Waals surface area contributed by atoms with Crippen molar-refractivity contribution in [3.63, 3.8) is 0 Å². The second-order valence-electron chi connectivity index (χ2n) is 8.93. The highest BCUT2D eigenvalue weighted by Crippen LogP contribution is 2.48. The van der Waals surface area contributed by atoms with Gasteiger partial charge in [-0.1, -0.05) is 30.3 Å². The Morgan fingerprint density at radius 2 is 1.83 bits per heavy atom. The van der Waals surface area contributed by atoms with Gasteiger partial charge in [0.05, 0.1) is 34.8 Å². The van der Waals surface area contributed by atoms with Crippen LogP contribution in [-0.2, 0) is 23.7 Å². The van der Waals surface area contributed by atoms with E-state index in [1.807, 2.05) is 43.4 Å². The van der Waals surface area contributed by atoms with Crippen LogP contribution in [0.3, 0.4) is 0 Å². The van der Waals surface area contributed by atoms with Gasteiger partial charge in [0.25, 0.3) is 0 Å². The average molecular weight is 509 g/mol. The number of nitrogens with zero attached hydrogens (tertiary/aromatic N) is 5. The number of carbonyl (C=O) groups is 1. The summed E-state index contributed by atoms with van der Waals surface area (Å²) in [6, 6.07) is 11.6. The van der Waals surface area contributed by atoms with Gasteiger partial charge in [-0.25, -0.2) is 9.37 Å². The Morgan fingerprint density at radius 3 is 2.44 bits per heavy atom. The third-order valence-electron chi connectivity index (χ3n) is 6.33. The maximum absolute atomic E-state index is 13.4. The normalized spacial score (nSPS) is 14.5. The summed E-state index contributed by atoms with van der Waals surface area (Å²) in [5.41, 5.74) is 4.11. The number of aromatic nitrogens is 5. The molecule has 1 aliphatic rings. The second kappa shape index (κ2) is 10.0. The minimum atomic E-state index is -1.00. The number of carboxylic acid groups (broad SMARTS) is 1. The number of nitrogens with one attached hydrogen (secondary N) is 1. The molecule has 1 atom stereocenters. The van der Waals surface area contributed by atoms with Gasteiger partial charge in [-0.15, -0.1) is 12.4 Å². The molecule has 0 bridgehead atoms. The van der Waals surface area contributed by atoms with Gasteiger partial charge >= 0.3 is 5.97 Å². The predicted molar refractivity (Wildman–Crippen MR) is 137 cm³/mol. The first-order valence-corrected chi connectivity index (χ1v) is 11.4. The Labute approximate surface area is 214 Å². The highest BCUT2D eigenvalue weighted by Gasteiger charge is 2.51. The first kappa shape index (κ1) is 25.2. The van der Waals surface area contributed by atoms with Crippen LogP contribution in [0.2, 0.25) is 0 Å². The van der Waals surface area contributed by atoms with Crippen molar-refractivity contribution in [2.45, 2.75) is 37.8 Å². The van der Waals surface area contributed by atoms with Crippen molar-refractivity contribution in [1.82, 2.24) is 24.7 Å². The van der Waals surface area contributed by atoms with Gasteiger partial charge in [-0.2, -0.15) is 5.10 Å². The molecule has 186 valence electrons. The Balaban J connectivity index is 0.00000304. The maximum atomic E-state index is 13.4. The summed E-state index contributed by atoms with van der Waals surface area (Å²) in [7, 11) is 1.81. The van der Waals surface area contributed by atoms with E-state index in [9.17, 15) is 14.3 Å². The van der Waals surface area contributed by atoms with E-state index >= 15 is 0 Å². The standard InChI is InChI=1S/C26H25FN6O2.ClH/c1-16(27)11-20-13-28-15-23(31-20)32-24-21(14-30-33(24)2)22-8-5-18(12-29-22)17-3-6-19(7-4-17)26(9-10-26)25(34)35;/h3-8,12-16H,9-11H2,1-2H3,(H,31,32)(H,34,35);1H/t16-;/m0./s1. The van der Waals surface area contributed by atoms with Crippen LogP contribution in [-0.4, -0.2) is 42.0 Å². The van der Waals surface area contributed by atoms with Gasteiger partial charge in [-0.3, -0.25) is 19.4 Å². The molecule has 8 nitrogen and oxygen atoms in total. The molecule has 36 heavy (non-hydrogen) atoms. The van der Waals surface area contributed by atoms with Crippen molar-refractivity contribution >= 4 is 30.0 Å². The Bertz CT molecular complexity index is 1370. The van der Waals surface area contributed by atoms with Crippen molar-refractivity contribution in [2.24, 2.45) is 7.05 Å². The fourth-order valence-corrected chi connectivity index (χ4v) is 4.20. The van der Waals surface area contributed by atoms with Crippen LogP contribution in [0.4, 0.5) is 16.0 Å². The molecule has 0 aliphatic heterocycles. The number of carboxylic acids is 1. The van der Waals surface area contributed by atoms with E-state index in [1.54, 1.807) is 29.5 Å². The van der Waals surface area contributed by atoms with Crippen LogP contribution in [0, 0.1) is 0 Å². The second-order valence-corrected chi connectivity index (χ2v) is 8.93. The minimum absolute atomic E-state index is 0. The number of pyridine rings is 1. The van der Waals surface area contributed by atoms with Crippen LogP contribution in [0.5, 0.6) is 0 Å². The van der Waals surface area contributed by atoms with E-state index in [0.29, 0.717) is 30.2 Å². The van der Waals surface area contributed by atoms with Gasteiger partial charge < -0.3 is 10.4 Å². The van der Waals surface area contributed by atoms with Crippen molar-refractivity contribution in [2.75, 3.05) is 5.32 Å². The summed E-state index contributed by atoms with van der Waals surface area (Å²) < 4.78 is 15.1. The van der Waals surface area contributed by atoms with Crippen LogP contribution in [0.25, 0.3) is 22.4 Å². The fraction of sp³-hybridized carbons (Fsp3) is 0.269. The first-order valence-electron chi connectivity index (χ1n) is 11.4. The molecule has 0 spiro atoms. The molecule has 1 aliphatic carbocycles. The summed E-state index contributed by atoms with van der Waals surface area (Å²) in [5.74, 6) is 0.434. The zero-order valence-electron chi connectivity index (χ0n) is 19.8. The van der Waals surface area contributed by atoms with E-state index in [0.717, 1.165) is 27.9 Å². The first-order chi connectivity index (χ1) is 16.9. The minimum Gasteiger partial charge on any atom is -0.481 e. The molecule has 0 radical (unpaired) electrons. The third kappa shape index (κ3) is 4.92. The summed E-state index contributed by atoms with van der Waals surface area (Å²) in [4.78, 5) is 24.8. The Morgan fingerprint density at radius 1 is 1.11 bits per heavy atom. The van der Waals surface area contributed by atoms with Crippen LogP contribution in [0.1, 0.15) is 31.0 Å². The number of benzene rings is 1. The topological polar surface area (TPSA) is 106 Å². The SMILES string of the molecule is C[C@H](F)Cc1cncc(Nc2c(-c3ccc(-c4ccc(C5(C(=O)O)CC5)cc4)cn3)cnn2C)n1.Cl. The number of alkyl halides is 1. The van der Waals surface area contributed by atoms with Crippen molar-refractivity contribution < 1.29 is 14.3 Å². The molecule has 3 aromatic heterocycles. The zero-order valence-corrected chi connectivity index (χ0v) is 20.7. The quantitative estimate of drug-likeness (QED) is 0.340. The Kier molecular flexibility index (Phi) is 7.03. The summed E-state index contributed by atoms with van der Waals surface area (Å²) in [6.45, 7) is 1.49. The van der Waals surface area contributed by atoms with Gasteiger partial charge in [0.15, 0.2) is 0 Å². The lowest BCUT2D eigenvalue weighted by atomic mass is 9.94. The van der Waals surface area contributed by atoms with E-state index in [2.05, 4.69) is 25.4 Å². The van der Waals surface area contributed by atoms with Crippen molar-refractivity contribution in [1.29, 1.82) is 0 Å². The number of rotatable bonds is 8. The highest BCUT2D eigenvalue weighted by atomic mass is 35.5. The lowest BCUT2D eigenvalue weighted by molar-refractivity contribution is -0.140. The summed E-state index contributed by atoms with van der Waals surface area (Å²) in [6.07, 6.45) is 7.22. The third-order valence-corrected chi connectivity index (χ3v) is 6.33. The smallest absolute Gasteiger partial charge is 0.314 e. The number of hydrogen-bond acceptors (Lipinski definition) is 6. The lowest BCUT2D eigenvalue weighted by Crippen LogP contribution is -2.19. The van der Waals surface area contributed by atoms with E-state index in [1.165, 1.54) is 6.92 Å². The molecular weight excluding hydrogens is 483 g/mol. The zero-order chi connectivity index (χ0) is 24.6. The molecule has 0 amide bonds. The molecular formula is C26H26ClFN6O2. The van der Waals surface area contributed by atoms with Gasteiger partial charge in [0, 0.05) is 31.4 Å². The summed E-state index contributed by atoms with van der Waals surface area (Å²) >= 11 is 0. The average Bonchev–Trinajstić information content (AvgIpc) is 3.59. The molecule has 10 heteroatoms.